The van der Waals surface area contributed by atoms with Gasteiger partial charge in [-0.1, -0.05) is 48.5 Å². The minimum Gasteiger partial charge on any atom is -0.455 e. The molecule has 0 atom stereocenters. The van der Waals surface area contributed by atoms with E-state index in [0.717, 1.165) is 50.1 Å². The van der Waals surface area contributed by atoms with Crippen molar-refractivity contribution < 1.29 is 18.7 Å². The number of furan rings is 1. The van der Waals surface area contributed by atoms with E-state index in [0.29, 0.717) is 11.3 Å². The highest BCUT2D eigenvalue weighted by molar-refractivity contribution is 6.09. The van der Waals surface area contributed by atoms with E-state index >= 15 is 0 Å². The summed E-state index contributed by atoms with van der Waals surface area (Å²) in [5.74, 6) is -0.258. The van der Waals surface area contributed by atoms with Gasteiger partial charge < -0.3 is 25.1 Å². The highest BCUT2D eigenvalue weighted by Gasteiger charge is 2.16. The van der Waals surface area contributed by atoms with Gasteiger partial charge in [0.05, 0.1) is 5.69 Å². The van der Waals surface area contributed by atoms with Gasteiger partial charge in [0.2, 0.25) is 0 Å². The van der Waals surface area contributed by atoms with E-state index in [-0.39, 0.29) is 12.5 Å². The van der Waals surface area contributed by atoms with Crippen LogP contribution in [0.1, 0.15) is 36.7 Å². The van der Waals surface area contributed by atoms with E-state index in [1.54, 1.807) is 45.2 Å². The van der Waals surface area contributed by atoms with E-state index in [4.69, 9.17) is 9.15 Å². The molecule has 0 saturated carbocycles. The molecule has 0 aliphatic heterocycles. The summed E-state index contributed by atoms with van der Waals surface area (Å²) < 4.78 is 11.5. The maximum Gasteiger partial charge on any atom is 0.407 e. The number of nitrogens with one attached hydrogen (secondary N) is 3. The van der Waals surface area contributed by atoms with Gasteiger partial charge in [0.25, 0.3) is 5.91 Å². The fourth-order valence-corrected chi connectivity index (χ4v) is 4.96. The molecule has 220 valence electrons. The zero-order valence-electron chi connectivity index (χ0n) is 24.7. The number of hydrogen-bond acceptors (Lipinski definition) is 6. The third kappa shape index (κ3) is 6.55. The number of anilines is 3. The molecule has 0 spiro atoms. The van der Waals surface area contributed by atoms with Crippen LogP contribution in [0.5, 0.6) is 0 Å². The molecule has 3 N–H and O–H groups in total. The van der Waals surface area contributed by atoms with Crippen molar-refractivity contribution >= 4 is 51.0 Å². The number of rotatable bonds is 7. The van der Waals surface area contributed by atoms with Gasteiger partial charge in [-0.25, -0.2) is 4.79 Å². The van der Waals surface area contributed by atoms with Crippen LogP contribution < -0.4 is 16.0 Å². The predicted octanol–water partition coefficient (Wildman–Crippen LogP) is 8.67. The molecular formula is C36H32N4O4. The number of ether oxygens (including phenoxy) is 1. The lowest BCUT2D eigenvalue weighted by molar-refractivity contribution is 0.0523. The van der Waals surface area contributed by atoms with Gasteiger partial charge in [0, 0.05) is 51.7 Å². The molecule has 2 heterocycles. The molecule has 0 aliphatic carbocycles. The average molecular weight is 585 g/mol. The summed E-state index contributed by atoms with van der Waals surface area (Å²) in [7, 11) is 0. The van der Waals surface area contributed by atoms with E-state index < -0.39 is 11.7 Å². The van der Waals surface area contributed by atoms with Crippen LogP contribution in [-0.2, 0) is 11.3 Å². The van der Waals surface area contributed by atoms with Crippen molar-refractivity contribution in [1.82, 2.24) is 10.3 Å². The summed E-state index contributed by atoms with van der Waals surface area (Å²) in [5, 5.41) is 11.2. The number of fused-ring (bicyclic) bond motifs is 3. The van der Waals surface area contributed by atoms with Crippen molar-refractivity contribution in [1.29, 1.82) is 0 Å². The fraction of sp³-hybridized carbons (Fsp3) is 0.139. The molecule has 0 radical (unpaired) electrons. The molecule has 0 aliphatic rings. The summed E-state index contributed by atoms with van der Waals surface area (Å²) >= 11 is 0. The summed E-state index contributed by atoms with van der Waals surface area (Å²) in [5.41, 5.74) is 6.29. The van der Waals surface area contributed by atoms with Crippen LogP contribution >= 0.6 is 0 Å². The second-order valence-electron chi connectivity index (χ2n) is 11.4. The number of benzene rings is 4. The summed E-state index contributed by atoms with van der Waals surface area (Å²) in [6.07, 6.45) is 1.25. The fourth-order valence-electron chi connectivity index (χ4n) is 4.96. The number of carbonyl (C=O) groups excluding carboxylic acids is 2. The van der Waals surface area contributed by atoms with Gasteiger partial charge in [-0.15, -0.1) is 0 Å². The lowest BCUT2D eigenvalue weighted by Crippen LogP contribution is -2.32. The molecule has 6 aromatic rings. The van der Waals surface area contributed by atoms with Crippen molar-refractivity contribution in [2.45, 2.75) is 32.9 Å². The Morgan fingerprint density at radius 3 is 2.41 bits per heavy atom. The molecule has 8 nitrogen and oxygen atoms in total. The molecule has 8 heteroatoms. The Balaban J connectivity index is 1.15. The highest BCUT2D eigenvalue weighted by Crippen LogP contribution is 2.35. The van der Waals surface area contributed by atoms with Gasteiger partial charge in [-0.2, -0.15) is 0 Å². The second kappa shape index (κ2) is 11.9. The smallest absolute Gasteiger partial charge is 0.407 e. The number of amides is 2. The van der Waals surface area contributed by atoms with Crippen molar-refractivity contribution in [3.05, 3.63) is 120 Å². The summed E-state index contributed by atoms with van der Waals surface area (Å²) in [6.45, 7) is 5.66. The van der Waals surface area contributed by atoms with Crippen LogP contribution in [0.3, 0.4) is 0 Å². The van der Waals surface area contributed by atoms with E-state index in [1.165, 1.54) is 0 Å². The van der Waals surface area contributed by atoms with Crippen LogP contribution in [-0.4, -0.2) is 22.6 Å². The van der Waals surface area contributed by atoms with Gasteiger partial charge in [0.15, 0.2) is 0 Å². The molecule has 0 fully saturated rings. The zero-order chi connectivity index (χ0) is 30.7. The maximum atomic E-state index is 13.1. The third-order valence-electron chi connectivity index (χ3n) is 6.87. The Labute approximate surface area is 255 Å². The Bertz CT molecular complexity index is 1990. The SMILES string of the molecule is CC(C)(C)OC(=O)NCc1cccc(C(=O)Nc2cccc(Nc3ccnc(-c4cccc5c4oc4ccccc45)c3)c2)c1. The molecule has 0 saturated heterocycles. The number of para-hydroxylation sites is 2. The zero-order valence-corrected chi connectivity index (χ0v) is 24.7. The first kappa shape index (κ1) is 28.5. The lowest BCUT2D eigenvalue weighted by atomic mass is 10.1. The minimum absolute atomic E-state index is 0.244. The molecule has 0 unspecified atom stereocenters. The molecule has 2 aromatic heterocycles. The standard InChI is InChI=1S/C36H32N4O4/c1-36(2,3)44-35(42)38-22-23-9-6-10-24(19-23)34(41)40-26-12-7-11-25(20-26)39-27-17-18-37-31(21-27)30-15-8-14-29-28-13-4-5-16-32(28)43-33(29)30/h4-21H,22H2,1-3H3,(H,37,39)(H,38,42)(H,40,41). The Hall–Kier alpha value is -5.63. The topological polar surface area (TPSA) is 105 Å². The van der Waals surface area contributed by atoms with Crippen LogP contribution in [0.4, 0.5) is 21.9 Å². The Morgan fingerprint density at radius 1 is 0.795 bits per heavy atom. The summed E-state index contributed by atoms with van der Waals surface area (Å²) in [4.78, 5) is 29.7. The first-order chi connectivity index (χ1) is 21.2. The number of pyridine rings is 1. The van der Waals surface area contributed by atoms with Gasteiger partial charge in [-0.05, 0) is 80.9 Å². The molecule has 44 heavy (non-hydrogen) atoms. The number of alkyl carbamates (subject to hydrolysis) is 1. The van der Waals surface area contributed by atoms with Crippen LogP contribution in [0.2, 0.25) is 0 Å². The first-order valence-electron chi connectivity index (χ1n) is 14.3. The number of carbonyl (C=O) groups is 2. The largest absolute Gasteiger partial charge is 0.455 e. The Morgan fingerprint density at radius 2 is 1.55 bits per heavy atom. The highest BCUT2D eigenvalue weighted by atomic mass is 16.6. The third-order valence-corrected chi connectivity index (χ3v) is 6.87. The lowest BCUT2D eigenvalue weighted by Gasteiger charge is -2.19. The van der Waals surface area contributed by atoms with Crippen molar-refractivity contribution in [3.63, 3.8) is 0 Å². The van der Waals surface area contributed by atoms with Gasteiger partial charge in [0.1, 0.15) is 16.8 Å². The van der Waals surface area contributed by atoms with E-state index in [9.17, 15) is 9.59 Å². The number of hydrogen-bond donors (Lipinski definition) is 3. The van der Waals surface area contributed by atoms with Crippen LogP contribution in [0, 0.1) is 0 Å². The Kier molecular flexibility index (Phi) is 7.72. The first-order valence-corrected chi connectivity index (χ1v) is 14.3. The van der Waals surface area contributed by atoms with Gasteiger partial charge in [-0.3, -0.25) is 9.78 Å². The molecular weight excluding hydrogens is 552 g/mol. The number of aromatic nitrogens is 1. The van der Waals surface area contributed by atoms with Gasteiger partial charge >= 0.3 is 6.09 Å². The minimum atomic E-state index is -0.584. The van der Waals surface area contributed by atoms with Crippen LogP contribution in [0.15, 0.2) is 114 Å². The monoisotopic (exact) mass is 584 g/mol. The normalized spacial score (nSPS) is 11.3. The van der Waals surface area contributed by atoms with Crippen molar-refractivity contribution in [2.24, 2.45) is 0 Å². The van der Waals surface area contributed by atoms with E-state index in [2.05, 4.69) is 33.1 Å². The van der Waals surface area contributed by atoms with Crippen molar-refractivity contribution in [3.8, 4) is 11.3 Å². The predicted molar refractivity (Wildman–Crippen MR) is 174 cm³/mol. The molecule has 2 amide bonds. The summed E-state index contributed by atoms with van der Waals surface area (Å²) in [6, 6.07) is 32.6. The quantitative estimate of drug-likeness (QED) is 0.173. The number of nitrogens with zero attached hydrogens (tertiary/aromatic N) is 1. The van der Waals surface area contributed by atoms with E-state index in [1.807, 2.05) is 72.8 Å². The van der Waals surface area contributed by atoms with Crippen molar-refractivity contribution in [2.75, 3.05) is 10.6 Å². The molecule has 4 aromatic carbocycles. The molecule has 0 bridgehead atoms. The van der Waals surface area contributed by atoms with Crippen LogP contribution in [0.25, 0.3) is 33.2 Å². The average Bonchev–Trinajstić information content (AvgIpc) is 3.39. The molecule has 6 rings (SSSR count). The maximum absolute atomic E-state index is 13.1. The second-order valence-corrected chi connectivity index (χ2v) is 11.4.